The van der Waals surface area contributed by atoms with Crippen LogP contribution in [0.15, 0.2) is 29.5 Å². The Labute approximate surface area is 172 Å². The fraction of sp³-hybridized carbons (Fsp3) is 0.619. The summed E-state index contributed by atoms with van der Waals surface area (Å²) in [7, 11) is 1.73. The average Bonchev–Trinajstić information content (AvgIpc) is 3.24. The summed E-state index contributed by atoms with van der Waals surface area (Å²) in [6.45, 7) is 2.58. The Hall–Kier alpha value is -2.64. The van der Waals surface area contributed by atoms with Gasteiger partial charge >= 0.3 is 0 Å². The molecule has 0 spiro atoms. The predicted octanol–water partition coefficient (Wildman–Crippen LogP) is 1.16. The number of aromatic nitrogens is 1. The van der Waals surface area contributed by atoms with Gasteiger partial charge in [-0.3, -0.25) is 19.6 Å². The number of nitrogens with one attached hydrogen (secondary N) is 3. The summed E-state index contributed by atoms with van der Waals surface area (Å²) in [5.41, 5.74) is 0.545. The summed E-state index contributed by atoms with van der Waals surface area (Å²) in [5.74, 6) is 1.10. The monoisotopic (exact) mass is 400 g/mol. The van der Waals surface area contributed by atoms with Crippen molar-refractivity contribution in [1.29, 1.82) is 0 Å². The molecule has 1 aromatic heterocycles. The van der Waals surface area contributed by atoms with Crippen molar-refractivity contribution in [1.82, 2.24) is 25.8 Å². The molecule has 1 saturated carbocycles. The van der Waals surface area contributed by atoms with Gasteiger partial charge < -0.3 is 20.9 Å². The summed E-state index contributed by atoms with van der Waals surface area (Å²) in [6, 6.07) is 3.68. The Kier molecular flexibility index (Phi) is 7.84. The van der Waals surface area contributed by atoms with Gasteiger partial charge in [-0.25, -0.2) is 0 Å². The maximum Gasteiger partial charge on any atom is 0.252 e. The number of guanidine groups is 1. The molecule has 0 aromatic carbocycles. The molecular weight excluding hydrogens is 368 g/mol. The highest BCUT2D eigenvalue weighted by molar-refractivity contribution is 5.93. The van der Waals surface area contributed by atoms with Gasteiger partial charge in [0.2, 0.25) is 5.91 Å². The highest BCUT2D eigenvalue weighted by Gasteiger charge is 2.31. The molecule has 1 aliphatic carbocycles. The lowest BCUT2D eigenvalue weighted by molar-refractivity contribution is -0.135. The van der Waals surface area contributed by atoms with E-state index in [9.17, 15) is 9.59 Å². The van der Waals surface area contributed by atoms with Gasteiger partial charge in [0.05, 0.1) is 5.56 Å². The van der Waals surface area contributed by atoms with Crippen LogP contribution in [0.5, 0.6) is 0 Å². The molecular formula is C21H32N6O2. The van der Waals surface area contributed by atoms with Crippen LogP contribution in [0.1, 0.15) is 48.9 Å². The molecule has 2 heterocycles. The van der Waals surface area contributed by atoms with Crippen LogP contribution in [-0.2, 0) is 4.79 Å². The summed E-state index contributed by atoms with van der Waals surface area (Å²) >= 11 is 0. The Morgan fingerprint density at radius 1 is 1.17 bits per heavy atom. The molecule has 29 heavy (non-hydrogen) atoms. The van der Waals surface area contributed by atoms with Gasteiger partial charge in [0.1, 0.15) is 0 Å². The fourth-order valence-electron chi connectivity index (χ4n) is 4.03. The van der Waals surface area contributed by atoms with E-state index in [1.54, 1.807) is 31.6 Å². The van der Waals surface area contributed by atoms with E-state index >= 15 is 0 Å². The molecule has 0 radical (unpaired) electrons. The zero-order valence-electron chi connectivity index (χ0n) is 17.2. The minimum absolute atomic E-state index is 0.143. The first-order valence-corrected chi connectivity index (χ1v) is 10.6. The molecule has 1 saturated heterocycles. The van der Waals surface area contributed by atoms with Crippen LogP contribution < -0.4 is 16.0 Å². The first kappa shape index (κ1) is 21.1. The van der Waals surface area contributed by atoms with Crippen LogP contribution in [0.2, 0.25) is 0 Å². The molecule has 1 atom stereocenters. The van der Waals surface area contributed by atoms with Gasteiger partial charge in [0.25, 0.3) is 5.91 Å². The predicted molar refractivity (Wildman–Crippen MR) is 113 cm³/mol. The molecule has 1 unspecified atom stereocenters. The molecule has 3 rings (SSSR count). The molecule has 1 aliphatic heterocycles. The second-order valence-electron chi connectivity index (χ2n) is 7.75. The standard InChI is InChI=1S/C21H32N6O2/c1-22-21(25-12-11-24-19(28)17-8-5-10-23-14-17)26-18-9-13-27(15-18)20(29)16-6-3-2-4-7-16/h5,8,10,14,16,18H,2-4,6-7,9,11-13,15H2,1H3,(H,24,28)(H2,22,25,26). The Bertz CT molecular complexity index is 702. The fourth-order valence-corrected chi connectivity index (χ4v) is 4.03. The molecule has 1 aromatic rings. The Morgan fingerprint density at radius 3 is 2.69 bits per heavy atom. The zero-order chi connectivity index (χ0) is 20.5. The van der Waals surface area contributed by atoms with Gasteiger partial charge in [0.15, 0.2) is 5.96 Å². The largest absolute Gasteiger partial charge is 0.355 e. The Balaban J connectivity index is 1.36. The number of likely N-dealkylation sites (tertiary alicyclic amines) is 1. The number of pyridine rings is 1. The summed E-state index contributed by atoms with van der Waals surface area (Å²) in [5, 5.41) is 9.46. The van der Waals surface area contributed by atoms with E-state index in [2.05, 4.69) is 25.9 Å². The van der Waals surface area contributed by atoms with Crippen LogP contribution in [0.3, 0.4) is 0 Å². The molecule has 158 valence electrons. The topological polar surface area (TPSA) is 98.7 Å². The maximum atomic E-state index is 12.7. The van der Waals surface area contributed by atoms with E-state index < -0.39 is 0 Å². The minimum Gasteiger partial charge on any atom is -0.355 e. The van der Waals surface area contributed by atoms with Crippen LogP contribution in [0, 0.1) is 5.92 Å². The van der Waals surface area contributed by atoms with E-state index in [0.29, 0.717) is 30.5 Å². The minimum atomic E-state index is -0.143. The van der Waals surface area contributed by atoms with Crippen molar-refractivity contribution in [3.05, 3.63) is 30.1 Å². The van der Waals surface area contributed by atoms with Crippen molar-refractivity contribution in [3.63, 3.8) is 0 Å². The lowest BCUT2D eigenvalue weighted by atomic mass is 9.88. The van der Waals surface area contributed by atoms with Crippen molar-refractivity contribution in [2.75, 3.05) is 33.2 Å². The van der Waals surface area contributed by atoms with Crippen LogP contribution in [-0.4, -0.2) is 66.9 Å². The molecule has 0 bridgehead atoms. The number of hydrogen-bond acceptors (Lipinski definition) is 4. The zero-order valence-corrected chi connectivity index (χ0v) is 17.2. The second kappa shape index (κ2) is 10.8. The van der Waals surface area contributed by atoms with Crippen LogP contribution in [0.25, 0.3) is 0 Å². The van der Waals surface area contributed by atoms with Gasteiger partial charge in [-0.1, -0.05) is 19.3 Å². The van der Waals surface area contributed by atoms with E-state index in [-0.39, 0.29) is 17.9 Å². The first-order valence-electron chi connectivity index (χ1n) is 10.6. The van der Waals surface area contributed by atoms with Crippen molar-refractivity contribution in [2.24, 2.45) is 10.9 Å². The second-order valence-corrected chi connectivity index (χ2v) is 7.75. The maximum absolute atomic E-state index is 12.7. The summed E-state index contributed by atoms with van der Waals surface area (Å²) in [6.07, 6.45) is 9.82. The molecule has 2 fully saturated rings. The molecule has 2 amide bonds. The van der Waals surface area contributed by atoms with Gasteiger partial charge in [-0.15, -0.1) is 0 Å². The smallest absolute Gasteiger partial charge is 0.252 e. The Morgan fingerprint density at radius 2 is 1.97 bits per heavy atom. The summed E-state index contributed by atoms with van der Waals surface area (Å²) in [4.78, 5) is 34.9. The number of aliphatic imine (C=N–C) groups is 1. The number of carbonyl (C=O) groups excluding carboxylic acids is 2. The van der Waals surface area contributed by atoms with Gasteiger partial charge in [-0.2, -0.15) is 0 Å². The number of hydrogen-bond donors (Lipinski definition) is 3. The van der Waals surface area contributed by atoms with Crippen molar-refractivity contribution >= 4 is 17.8 Å². The summed E-state index contributed by atoms with van der Waals surface area (Å²) < 4.78 is 0. The number of rotatable bonds is 6. The van der Waals surface area contributed by atoms with Crippen LogP contribution >= 0.6 is 0 Å². The highest BCUT2D eigenvalue weighted by atomic mass is 16.2. The van der Waals surface area contributed by atoms with E-state index in [0.717, 1.165) is 32.4 Å². The first-order chi connectivity index (χ1) is 14.2. The third kappa shape index (κ3) is 6.17. The number of amides is 2. The number of nitrogens with zero attached hydrogens (tertiary/aromatic N) is 3. The van der Waals surface area contributed by atoms with Gasteiger partial charge in [0, 0.05) is 57.6 Å². The van der Waals surface area contributed by atoms with Crippen molar-refractivity contribution in [3.8, 4) is 0 Å². The molecule has 3 N–H and O–H groups in total. The van der Waals surface area contributed by atoms with Crippen molar-refractivity contribution in [2.45, 2.75) is 44.6 Å². The van der Waals surface area contributed by atoms with E-state index in [1.165, 1.54) is 19.3 Å². The van der Waals surface area contributed by atoms with E-state index in [4.69, 9.17) is 0 Å². The quantitative estimate of drug-likeness (QED) is 0.378. The lowest BCUT2D eigenvalue weighted by Gasteiger charge is -2.26. The molecule has 2 aliphatic rings. The van der Waals surface area contributed by atoms with Gasteiger partial charge in [-0.05, 0) is 31.4 Å². The van der Waals surface area contributed by atoms with E-state index in [1.807, 2.05) is 4.90 Å². The molecule has 8 heteroatoms. The van der Waals surface area contributed by atoms with Crippen molar-refractivity contribution < 1.29 is 9.59 Å². The SMILES string of the molecule is CN=C(NCCNC(=O)c1cccnc1)NC1CCN(C(=O)C2CCCCC2)C1. The third-order valence-corrected chi connectivity index (χ3v) is 5.65. The average molecular weight is 401 g/mol. The molecule has 8 nitrogen and oxygen atoms in total. The highest BCUT2D eigenvalue weighted by Crippen LogP contribution is 2.26. The number of carbonyl (C=O) groups is 2. The third-order valence-electron chi connectivity index (χ3n) is 5.65. The lowest BCUT2D eigenvalue weighted by Crippen LogP contribution is -2.47. The normalized spacial score (nSPS) is 20.4. The van der Waals surface area contributed by atoms with Crippen LogP contribution in [0.4, 0.5) is 0 Å².